The highest BCUT2D eigenvalue weighted by atomic mass is 35.5. The molecule has 0 saturated carbocycles. The van der Waals surface area contributed by atoms with Crippen molar-refractivity contribution in [3.05, 3.63) is 52.6 Å². The summed E-state index contributed by atoms with van der Waals surface area (Å²) in [6.07, 6.45) is 1.65. The van der Waals surface area contributed by atoms with E-state index in [1.54, 1.807) is 29.1 Å². The van der Waals surface area contributed by atoms with Crippen LogP contribution in [0.3, 0.4) is 0 Å². The standard InChI is InChI=1S/C17H20ClFN4O/c1-2-23-16(6-7-20-23)17(24)22-10-8-21(9-11-22)12-13-14(18)4-3-5-15(13)19/h3-7H,2,8-12H2,1H3. The highest BCUT2D eigenvalue weighted by molar-refractivity contribution is 6.31. The molecule has 7 heteroatoms. The van der Waals surface area contributed by atoms with Crippen molar-refractivity contribution in [3.8, 4) is 0 Å². The molecule has 1 aromatic carbocycles. The Kier molecular flexibility index (Phi) is 5.16. The van der Waals surface area contributed by atoms with Crippen molar-refractivity contribution < 1.29 is 9.18 Å². The minimum absolute atomic E-state index is 0.00192. The van der Waals surface area contributed by atoms with E-state index in [0.29, 0.717) is 55.5 Å². The van der Waals surface area contributed by atoms with Gasteiger partial charge in [-0.3, -0.25) is 14.4 Å². The molecule has 128 valence electrons. The van der Waals surface area contributed by atoms with E-state index in [9.17, 15) is 9.18 Å². The molecule has 0 atom stereocenters. The first-order valence-corrected chi connectivity index (χ1v) is 8.44. The normalized spacial score (nSPS) is 15.7. The average molecular weight is 351 g/mol. The average Bonchev–Trinajstić information content (AvgIpc) is 3.07. The van der Waals surface area contributed by atoms with Crippen molar-refractivity contribution in [3.63, 3.8) is 0 Å². The molecule has 2 heterocycles. The molecule has 0 radical (unpaired) electrons. The Hall–Kier alpha value is -1.92. The van der Waals surface area contributed by atoms with E-state index in [2.05, 4.69) is 10.00 Å². The molecule has 1 amide bonds. The minimum Gasteiger partial charge on any atom is -0.335 e. The Balaban J connectivity index is 1.61. The molecule has 1 saturated heterocycles. The number of hydrogen-bond donors (Lipinski definition) is 0. The third-order valence-electron chi connectivity index (χ3n) is 4.34. The molecule has 1 aromatic heterocycles. The molecule has 1 fully saturated rings. The Morgan fingerprint density at radius 3 is 2.67 bits per heavy atom. The van der Waals surface area contributed by atoms with Crippen molar-refractivity contribution in [1.82, 2.24) is 19.6 Å². The number of benzene rings is 1. The smallest absolute Gasteiger partial charge is 0.272 e. The van der Waals surface area contributed by atoms with Crippen LogP contribution in [0.4, 0.5) is 4.39 Å². The van der Waals surface area contributed by atoms with Crippen LogP contribution in [0.5, 0.6) is 0 Å². The number of piperazine rings is 1. The molecule has 24 heavy (non-hydrogen) atoms. The molecule has 0 spiro atoms. The summed E-state index contributed by atoms with van der Waals surface area (Å²) in [6.45, 7) is 5.69. The quantitative estimate of drug-likeness (QED) is 0.851. The van der Waals surface area contributed by atoms with Crippen molar-refractivity contribution in [2.24, 2.45) is 0 Å². The fourth-order valence-corrected chi connectivity index (χ4v) is 3.17. The summed E-state index contributed by atoms with van der Waals surface area (Å²) in [6, 6.07) is 6.48. The predicted octanol–water partition coefficient (Wildman–Crippen LogP) is 2.65. The number of aromatic nitrogens is 2. The topological polar surface area (TPSA) is 41.4 Å². The largest absolute Gasteiger partial charge is 0.335 e. The van der Waals surface area contributed by atoms with Gasteiger partial charge in [-0.05, 0) is 25.1 Å². The maximum atomic E-state index is 13.9. The minimum atomic E-state index is -0.284. The second kappa shape index (κ2) is 7.32. The molecule has 1 aliphatic rings. The van der Waals surface area contributed by atoms with Crippen molar-refractivity contribution >= 4 is 17.5 Å². The van der Waals surface area contributed by atoms with Crippen LogP contribution in [0.2, 0.25) is 5.02 Å². The number of amides is 1. The lowest BCUT2D eigenvalue weighted by atomic mass is 10.1. The number of halogens is 2. The first-order valence-electron chi connectivity index (χ1n) is 8.06. The Bertz CT molecular complexity index is 705. The summed E-state index contributed by atoms with van der Waals surface area (Å²) in [5, 5.41) is 4.59. The van der Waals surface area contributed by atoms with Crippen LogP contribution in [0, 0.1) is 5.82 Å². The Labute approximate surface area is 145 Å². The van der Waals surface area contributed by atoms with Crippen molar-refractivity contribution in [2.45, 2.75) is 20.0 Å². The van der Waals surface area contributed by atoms with Gasteiger partial charge in [-0.25, -0.2) is 4.39 Å². The van der Waals surface area contributed by atoms with Crippen LogP contribution >= 0.6 is 11.6 Å². The highest BCUT2D eigenvalue weighted by Gasteiger charge is 2.25. The van der Waals surface area contributed by atoms with E-state index >= 15 is 0 Å². The number of aryl methyl sites for hydroxylation is 1. The van der Waals surface area contributed by atoms with Crippen LogP contribution < -0.4 is 0 Å². The molecular formula is C17H20ClFN4O. The third kappa shape index (κ3) is 3.44. The first kappa shape index (κ1) is 16.9. The first-order chi connectivity index (χ1) is 11.6. The van der Waals surface area contributed by atoms with Crippen LogP contribution in [0.15, 0.2) is 30.5 Å². The fourth-order valence-electron chi connectivity index (χ4n) is 2.94. The fraction of sp³-hybridized carbons (Fsp3) is 0.412. The lowest BCUT2D eigenvalue weighted by Gasteiger charge is -2.34. The zero-order chi connectivity index (χ0) is 17.1. The van der Waals surface area contributed by atoms with E-state index in [0.717, 1.165) is 0 Å². The van der Waals surface area contributed by atoms with Gasteiger partial charge in [0, 0.05) is 56.1 Å². The van der Waals surface area contributed by atoms with Gasteiger partial charge in [0.05, 0.1) is 0 Å². The number of carbonyl (C=O) groups is 1. The van der Waals surface area contributed by atoms with Gasteiger partial charge in [-0.1, -0.05) is 17.7 Å². The lowest BCUT2D eigenvalue weighted by Crippen LogP contribution is -2.48. The number of nitrogens with zero attached hydrogens (tertiary/aromatic N) is 4. The van der Waals surface area contributed by atoms with Crippen molar-refractivity contribution in [1.29, 1.82) is 0 Å². The van der Waals surface area contributed by atoms with Crippen molar-refractivity contribution in [2.75, 3.05) is 26.2 Å². The molecular weight excluding hydrogens is 331 g/mol. The van der Waals surface area contributed by atoms with Gasteiger partial charge in [0.1, 0.15) is 11.5 Å². The van der Waals surface area contributed by atoms with Crippen LogP contribution in [-0.4, -0.2) is 51.7 Å². The van der Waals surface area contributed by atoms with Gasteiger partial charge in [-0.15, -0.1) is 0 Å². The molecule has 0 N–H and O–H groups in total. The van der Waals surface area contributed by atoms with Gasteiger partial charge < -0.3 is 4.90 Å². The van der Waals surface area contributed by atoms with Crippen LogP contribution in [0.25, 0.3) is 0 Å². The number of carbonyl (C=O) groups excluding carboxylic acids is 1. The van der Waals surface area contributed by atoms with Crippen LogP contribution in [-0.2, 0) is 13.1 Å². The van der Waals surface area contributed by atoms with Gasteiger partial charge in [-0.2, -0.15) is 5.10 Å². The van der Waals surface area contributed by atoms with Gasteiger partial charge >= 0.3 is 0 Å². The molecule has 1 aliphatic heterocycles. The van der Waals surface area contributed by atoms with E-state index in [-0.39, 0.29) is 11.7 Å². The SMILES string of the molecule is CCn1nccc1C(=O)N1CCN(Cc2c(F)cccc2Cl)CC1. The van der Waals surface area contributed by atoms with E-state index in [1.165, 1.54) is 6.07 Å². The lowest BCUT2D eigenvalue weighted by molar-refractivity contribution is 0.0615. The maximum absolute atomic E-state index is 13.9. The summed E-state index contributed by atoms with van der Waals surface area (Å²) in [5.74, 6) is -0.286. The summed E-state index contributed by atoms with van der Waals surface area (Å²) in [7, 11) is 0. The Morgan fingerprint density at radius 1 is 1.25 bits per heavy atom. The van der Waals surface area contributed by atoms with Gasteiger partial charge in [0.25, 0.3) is 5.91 Å². The zero-order valence-corrected chi connectivity index (χ0v) is 14.3. The molecule has 0 bridgehead atoms. The summed E-state index contributed by atoms with van der Waals surface area (Å²) < 4.78 is 15.6. The zero-order valence-electron chi connectivity index (χ0n) is 13.6. The summed E-state index contributed by atoms with van der Waals surface area (Å²) >= 11 is 6.09. The maximum Gasteiger partial charge on any atom is 0.272 e. The predicted molar refractivity (Wildman–Crippen MR) is 90.5 cm³/mol. The second-order valence-corrected chi connectivity index (χ2v) is 6.21. The van der Waals surface area contributed by atoms with E-state index in [1.807, 2.05) is 11.8 Å². The highest BCUT2D eigenvalue weighted by Crippen LogP contribution is 2.21. The van der Waals surface area contributed by atoms with E-state index < -0.39 is 0 Å². The summed E-state index contributed by atoms with van der Waals surface area (Å²) in [4.78, 5) is 16.5. The summed E-state index contributed by atoms with van der Waals surface area (Å²) in [5.41, 5.74) is 1.13. The van der Waals surface area contributed by atoms with E-state index in [4.69, 9.17) is 11.6 Å². The molecule has 5 nitrogen and oxygen atoms in total. The van der Waals surface area contributed by atoms with Gasteiger partial charge in [0.2, 0.25) is 0 Å². The second-order valence-electron chi connectivity index (χ2n) is 5.80. The molecule has 0 unspecified atom stereocenters. The van der Waals surface area contributed by atoms with Gasteiger partial charge in [0.15, 0.2) is 0 Å². The molecule has 2 aromatic rings. The number of rotatable bonds is 4. The third-order valence-corrected chi connectivity index (χ3v) is 4.69. The van der Waals surface area contributed by atoms with Crippen LogP contribution in [0.1, 0.15) is 23.0 Å². The monoisotopic (exact) mass is 350 g/mol. The Morgan fingerprint density at radius 2 is 2.00 bits per heavy atom. The molecule has 3 rings (SSSR count). The number of hydrogen-bond acceptors (Lipinski definition) is 3. The molecule has 0 aliphatic carbocycles.